The highest BCUT2D eigenvalue weighted by Gasteiger charge is 2.33. The van der Waals surface area contributed by atoms with Gasteiger partial charge in [0.15, 0.2) is 0 Å². The number of hydrogen-bond acceptors (Lipinski definition) is 5. The molecule has 8 heteroatoms. The van der Waals surface area contributed by atoms with Crippen LogP contribution in [0.25, 0.3) is 0 Å². The first-order valence-corrected chi connectivity index (χ1v) is 10.3. The smallest absolute Gasteiger partial charge is 0.319 e. The van der Waals surface area contributed by atoms with E-state index in [4.69, 9.17) is 9.47 Å². The summed E-state index contributed by atoms with van der Waals surface area (Å²) in [4.78, 5) is 26.7. The Morgan fingerprint density at radius 1 is 1.24 bits per heavy atom. The molecule has 29 heavy (non-hydrogen) atoms. The summed E-state index contributed by atoms with van der Waals surface area (Å²) in [5.41, 5.74) is 0.615. The first-order chi connectivity index (χ1) is 14.1. The average molecular weight is 405 g/mol. The van der Waals surface area contributed by atoms with Gasteiger partial charge in [-0.25, -0.2) is 4.79 Å². The number of benzene rings is 1. The van der Waals surface area contributed by atoms with E-state index < -0.39 is 6.10 Å². The highest BCUT2D eigenvalue weighted by atomic mass is 16.5. The molecule has 0 bridgehead atoms. The van der Waals surface area contributed by atoms with Crippen molar-refractivity contribution in [2.75, 3.05) is 32.1 Å². The van der Waals surface area contributed by atoms with Gasteiger partial charge in [-0.2, -0.15) is 0 Å². The van der Waals surface area contributed by atoms with Gasteiger partial charge >= 0.3 is 6.03 Å². The van der Waals surface area contributed by atoms with Crippen molar-refractivity contribution < 1.29 is 24.2 Å². The van der Waals surface area contributed by atoms with Crippen molar-refractivity contribution in [3.05, 3.63) is 24.3 Å². The average Bonchev–Trinajstić information content (AvgIpc) is 2.75. The summed E-state index contributed by atoms with van der Waals surface area (Å²) < 4.78 is 11.1. The zero-order valence-electron chi connectivity index (χ0n) is 16.9. The molecule has 3 rings (SSSR count). The number of likely N-dealkylation sites (tertiary alicyclic amines) is 1. The van der Waals surface area contributed by atoms with E-state index in [1.165, 1.54) is 6.42 Å². The molecule has 0 aliphatic carbocycles. The highest BCUT2D eigenvalue weighted by molar-refractivity contribution is 5.89. The molecule has 1 aromatic carbocycles. The van der Waals surface area contributed by atoms with Crippen LogP contribution in [0, 0.1) is 0 Å². The summed E-state index contributed by atoms with van der Waals surface area (Å²) in [5.74, 6) is 0.770. The van der Waals surface area contributed by atoms with Crippen molar-refractivity contribution in [1.82, 2.24) is 10.2 Å². The Bertz CT molecular complexity index is 693. The van der Waals surface area contributed by atoms with E-state index in [9.17, 15) is 14.7 Å². The van der Waals surface area contributed by atoms with Crippen molar-refractivity contribution in [1.29, 1.82) is 0 Å². The predicted octanol–water partition coefficient (Wildman–Crippen LogP) is 2.13. The van der Waals surface area contributed by atoms with E-state index in [0.717, 1.165) is 25.9 Å². The molecule has 3 amide bonds. The highest BCUT2D eigenvalue weighted by Crippen LogP contribution is 2.24. The van der Waals surface area contributed by atoms with Gasteiger partial charge in [-0.1, -0.05) is 6.07 Å². The van der Waals surface area contributed by atoms with Crippen LogP contribution in [0.4, 0.5) is 10.5 Å². The third-order valence-corrected chi connectivity index (χ3v) is 5.55. The Balaban J connectivity index is 1.48. The Hall–Kier alpha value is -2.32. The minimum Gasteiger partial charge on any atom is -0.497 e. The molecule has 2 fully saturated rings. The molecule has 3 atom stereocenters. The van der Waals surface area contributed by atoms with Crippen LogP contribution in [-0.2, 0) is 9.53 Å². The number of amides is 3. The normalized spacial score (nSPS) is 24.6. The molecule has 2 saturated heterocycles. The number of aliphatic hydroxyl groups is 1. The second kappa shape index (κ2) is 10.5. The predicted molar refractivity (Wildman–Crippen MR) is 109 cm³/mol. The summed E-state index contributed by atoms with van der Waals surface area (Å²) in [6.45, 7) is 1.44. The van der Waals surface area contributed by atoms with Gasteiger partial charge < -0.3 is 30.1 Å². The van der Waals surface area contributed by atoms with Gasteiger partial charge in [0.1, 0.15) is 11.9 Å². The van der Waals surface area contributed by atoms with Gasteiger partial charge in [0.25, 0.3) is 0 Å². The lowest BCUT2D eigenvalue weighted by Crippen LogP contribution is -2.52. The molecule has 2 heterocycles. The van der Waals surface area contributed by atoms with E-state index >= 15 is 0 Å². The van der Waals surface area contributed by atoms with Crippen LogP contribution in [-0.4, -0.2) is 67.0 Å². The maximum absolute atomic E-state index is 12.5. The van der Waals surface area contributed by atoms with Gasteiger partial charge in [0.05, 0.1) is 32.3 Å². The number of ether oxygens (including phenoxy) is 2. The van der Waals surface area contributed by atoms with Crippen molar-refractivity contribution in [3.63, 3.8) is 0 Å². The largest absolute Gasteiger partial charge is 0.497 e. The van der Waals surface area contributed by atoms with Crippen LogP contribution in [0.2, 0.25) is 0 Å². The number of urea groups is 1. The number of aliphatic hydroxyl groups excluding tert-OH is 1. The van der Waals surface area contributed by atoms with E-state index in [2.05, 4.69) is 10.6 Å². The van der Waals surface area contributed by atoms with Crippen LogP contribution in [0.3, 0.4) is 0 Å². The lowest BCUT2D eigenvalue weighted by molar-refractivity contribution is -0.141. The number of piperidine rings is 1. The van der Waals surface area contributed by atoms with Gasteiger partial charge in [-0.05, 0) is 44.2 Å². The van der Waals surface area contributed by atoms with Gasteiger partial charge in [-0.15, -0.1) is 0 Å². The number of rotatable bonds is 6. The van der Waals surface area contributed by atoms with Crippen molar-refractivity contribution in [3.8, 4) is 5.75 Å². The molecule has 0 spiro atoms. The summed E-state index contributed by atoms with van der Waals surface area (Å²) in [7, 11) is 1.57. The number of nitrogens with one attached hydrogen (secondary N) is 2. The molecular formula is C21H31N3O5. The minimum absolute atomic E-state index is 0.119. The Kier molecular flexibility index (Phi) is 7.71. The lowest BCUT2D eigenvalue weighted by Gasteiger charge is -2.37. The summed E-state index contributed by atoms with van der Waals surface area (Å²) in [5, 5.41) is 15.4. The van der Waals surface area contributed by atoms with Crippen molar-refractivity contribution in [2.45, 2.75) is 56.8 Å². The molecule has 2 aliphatic rings. The zero-order chi connectivity index (χ0) is 20.6. The molecule has 160 valence electrons. The topological polar surface area (TPSA) is 100 Å². The Labute approximate surface area is 171 Å². The van der Waals surface area contributed by atoms with Crippen LogP contribution >= 0.6 is 0 Å². The first-order valence-electron chi connectivity index (χ1n) is 10.3. The molecule has 0 saturated carbocycles. The fraction of sp³-hybridized carbons (Fsp3) is 0.619. The van der Waals surface area contributed by atoms with Crippen molar-refractivity contribution in [2.24, 2.45) is 0 Å². The van der Waals surface area contributed by atoms with Crippen LogP contribution in [0.5, 0.6) is 5.75 Å². The maximum atomic E-state index is 12.5. The zero-order valence-corrected chi connectivity index (χ0v) is 16.9. The van der Waals surface area contributed by atoms with E-state index in [1.54, 1.807) is 31.4 Å². The third-order valence-electron chi connectivity index (χ3n) is 5.55. The maximum Gasteiger partial charge on any atom is 0.319 e. The molecule has 0 unspecified atom stereocenters. The van der Waals surface area contributed by atoms with Gasteiger partial charge in [-0.3, -0.25) is 4.79 Å². The number of carbonyl (C=O) groups is 2. The summed E-state index contributed by atoms with van der Waals surface area (Å²) in [6.07, 6.45) is 4.20. The summed E-state index contributed by atoms with van der Waals surface area (Å²) >= 11 is 0. The molecule has 3 N–H and O–H groups in total. The van der Waals surface area contributed by atoms with Crippen LogP contribution < -0.4 is 15.4 Å². The quantitative estimate of drug-likeness (QED) is 0.673. The van der Waals surface area contributed by atoms with Gasteiger partial charge in [0, 0.05) is 24.8 Å². The Morgan fingerprint density at radius 3 is 2.76 bits per heavy atom. The van der Waals surface area contributed by atoms with Crippen LogP contribution in [0.1, 0.15) is 38.5 Å². The molecule has 1 aromatic rings. The molecule has 0 aromatic heterocycles. The standard InChI is InChI=1S/C21H31N3O5/c1-28-16-7-5-6-15(12-16)22-21(27)23-18-9-8-17(29-19(18)14-25)13-20(26)24-10-3-2-4-11-24/h5-7,12,17-19,25H,2-4,8-11,13-14H2,1H3,(H2,22,23,27)/t17-,18-,19+/m0/s1. The molecule has 2 aliphatic heterocycles. The van der Waals surface area contributed by atoms with E-state index in [0.29, 0.717) is 30.7 Å². The first kappa shape index (κ1) is 21.4. The number of carbonyl (C=O) groups excluding carboxylic acids is 2. The van der Waals surface area contributed by atoms with E-state index in [-0.39, 0.29) is 30.7 Å². The van der Waals surface area contributed by atoms with Crippen molar-refractivity contribution >= 4 is 17.6 Å². The minimum atomic E-state index is -0.529. The third kappa shape index (κ3) is 6.08. The molecular weight excluding hydrogens is 374 g/mol. The molecule has 8 nitrogen and oxygen atoms in total. The number of nitrogens with zero attached hydrogens (tertiary/aromatic N) is 1. The fourth-order valence-corrected chi connectivity index (χ4v) is 3.95. The molecule has 0 radical (unpaired) electrons. The second-order valence-corrected chi connectivity index (χ2v) is 7.64. The number of anilines is 1. The number of methoxy groups -OCH3 is 1. The SMILES string of the molecule is COc1cccc(NC(=O)N[C@H]2CC[C@@H](CC(=O)N3CCCCC3)O[C@@H]2CO)c1. The summed E-state index contributed by atoms with van der Waals surface area (Å²) in [6, 6.07) is 6.40. The monoisotopic (exact) mass is 405 g/mol. The Morgan fingerprint density at radius 2 is 2.03 bits per heavy atom. The second-order valence-electron chi connectivity index (χ2n) is 7.64. The lowest BCUT2D eigenvalue weighted by atomic mass is 9.96. The van der Waals surface area contributed by atoms with E-state index in [1.807, 2.05) is 4.90 Å². The number of hydrogen-bond donors (Lipinski definition) is 3. The fourth-order valence-electron chi connectivity index (χ4n) is 3.95. The van der Waals surface area contributed by atoms with Gasteiger partial charge in [0.2, 0.25) is 5.91 Å². The van der Waals surface area contributed by atoms with Crippen LogP contribution in [0.15, 0.2) is 24.3 Å².